The number of hydrogen-bond acceptors (Lipinski definition) is 1. The Kier molecular flexibility index (Phi) is 3.18. The predicted octanol–water partition coefficient (Wildman–Crippen LogP) is 3.33. The van der Waals surface area contributed by atoms with Gasteiger partial charge in [0.2, 0.25) is 0 Å². The second-order valence-electron chi connectivity index (χ2n) is 3.21. The molecule has 0 fully saturated rings. The zero-order valence-corrected chi connectivity index (χ0v) is 8.15. The second kappa shape index (κ2) is 4.02. The van der Waals surface area contributed by atoms with Gasteiger partial charge in [0.05, 0.1) is 17.5 Å². The molecular weight excluding hydrogens is 193 g/mol. The van der Waals surface area contributed by atoms with Crippen LogP contribution in [0.1, 0.15) is 43.9 Å². The smallest absolute Gasteiger partial charge is 0.282 e. The number of H-pyrrole nitrogens is 1. The zero-order valence-electron chi connectivity index (χ0n) is 8.15. The molecule has 0 radical (unpaired) electrons. The maximum absolute atomic E-state index is 12.5. The van der Waals surface area contributed by atoms with E-state index in [1.165, 1.54) is 0 Å². The molecular formula is C9H13F3N2. The van der Waals surface area contributed by atoms with E-state index in [2.05, 4.69) is 10.2 Å². The molecule has 0 aromatic carbocycles. The standard InChI is InChI=1S/C9H13F3N2/c1-3-6(4-2)8-7(5-13-14-8)9(10,11)12/h5-6H,3-4H2,1-2H3,(H,13,14). The van der Waals surface area contributed by atoms with E-state index in [4.69, 9.17) is 0 Å². The summed E-state index contributed by atoms with van der Waals surface area (Å²) in [6.45, 7) is 3.74. The van der Waals surface area contributed by atoms with Crippen LogP contribution in [0.2, 0.25) is 0 Å². The van der Waals surface area contributed by atoms with Gasteiger partial charge in [0.15, 0.2) is 0 Å². The summed E-state index contributed by atoms with van der Waals surface area (Å²) in [4.78, 5) is 0. The first kappa shape index (κ1) is 11.1. The molecule has 1 N–H and O–H groups in total. The molecule has 0 bridgehead atoms. The fourth-order valence-electron chi connectivity index (χ4n) is 1.53. The molecule has 2 nitrogen and oxygen atoms in total. The van der Waals surface area contributed by atoms with Crippen molar-refractivity contribution in [1.29, 1.82) is 0 Å². The number of alkyl halides is 3. The Morgan fingerprint density at radius 1 is 1.36 bits per heavy atom. The summed E-state index contributed by atoms with van der Waals surface area (Å²) >= 11 is 0. The van der Waals surface area contributed by atoms with Crippen molar-refractivity contribution in [3.8, 4) is 0 Å². The largest absolute Gasteiger partial charge is 0.419 e. The molecule has 0 spiro atoms. The third kappa shape index (κ3) is 2.08. The van der Waals surface area contributed by atoms with Gasteiger partial charge >= 0.3 is 6.18 Å². The van der Waals surface area contributed by atoms with E-state index in [0.29, 0.717) is 12.8 Å². The van der Waals surface area contributed by atoms with Gasteiger partial charge in [-0.3, -0.25) is 5.10 Å². The molecule has 5 heteroatoms. The summed E-state index contributed by atoms with van der Waals surface area (Å²) in [5.74, 6) is -0.0888. The molecule has 0 saturated carbocycles. The Morgan fingerprint density at radius 2 is 1.93 bits per heavy atom. The quantitative estimate of drug-likeness (QED) is 0.807. The minimum absolute atomic E-state index is 0.0888. The summed E-state index contributed by atoms with van der Waals surface area (Å²) in [5.41, 5.74) is -0.422. The van der Waals surface area contributed by atoms with Crippen molar-refractivity contribution >= 4 is 0 Å². The van der Waals surface area contributed by atoms with Crippen molar-refractivity contribution in [2.75, 3.05) is 0 Å². The lowest BCUT2D eigenvalue weighted by molar-refractivity contribution is -0.138. The van der Waals surface area contributed by atoms with Crippen molar-refractivity contribution < 1.29 is 13.2 Å². The Labute approximate surface area is 80.5 Å². The molecule has 0 amide bonds. The first-order valence-corrected chi connectivity index (χ1v) is 4.61. The normalized spacial score (nSPS) is 12.4. The number of hydrogen-bond donors (Lipinski definition) is 1. The van der Waals surface area contributed by atoms with Gasteiger partial charge in [0.1, 0.15) is 0 Å². The molecule has 0 aliphatic heterocycles. The van der Waals surface area contributed by atoms with E-state index in [9.17, 15) is 13.2 Å². The van der Waals surface area contributed by atoms with Crippen LogP contribution in [0.3, 0.4) is 0 Å². The second-order valence-corrected chi connectivity index (χ2v) is 3.21. The van der Waals surface area contributed by atoms with Gasteiger partial charge in [-0.25, -0.2) is 0 Å². The molecule has 14 heavy (non-hydrogen) atoms. The van der Waals surface area contributed by atoms with Crippen LogP contribution in [0.15, 0.2) is 6.20 Å². The number of aromatic amines is 1. The number of rotatable bonds is 3. The fourth-order valence-corrected chi connectivity index (χ4v) is 1.53. The van der Waals surface area contributed by atoms with Gasteiger partial charge in [-0.15, -0.1) is 0 Å². The van der Waals surface area contributed by atoms with Gasteiger partial charge in [-0.05, 0) is 12.8 Å². The third-order valence-corrected chi connectivity index (χ3v) is 2.37. The lowest BCUT2D eigenvalue weighted by Crippen LogP contribution is -2.10. The fraction of sp³-hybridized carbons (Fsp3) is 0.667. The van der Waals surface area contributed by atoms with Crippen LogP contribution in [0.25, 0.3) is 0 Å². The van der Waals surface area contributed by atoms with Crippen LogP contribution in [-0.2, 0) is 6.18 Å². The van der Waals surface area contributed by atoms with E-state index < -0.39 is 11.7 Å². The first-order valence-electron chi connectivity index (χ1n) is 4.61. The van der Waals surface area contributed by atoms with Crippen molar-refractivity contribution in [2.45, 2.75) is 38.8 Å². The Morgan fingerprint density at radius 3 is 2.36 bits per heavy atom. The molecule has 0 atom stereocenters. The SMILES string of the molecule is CCC(CC)c1[nH]ncc1C(F)(F)F. The van der Waals surface area contributed by atoms with Gasteiger partial charge in [0.25, 0.3) is 0 Å². The van der Waals surface area contributed by atoms with Crippen LogP contribution in [-0.4, -0.2) is 10.2 Å². The highest BCUT2D eigenvalue weighted by Gasteiger charge is 2.36. The maximum Gasteiger partial charge on any atom is 0.419 e. The molecule has 0 unspecified atom stereocenters. The Hall–Kier alpha value is -1.00. The average molecular weight is 206 g/mol. The average Bonchev–Trinajstić information content (AvgIpc) is 2.54. The van der Waals surface area contributed by atoms with Crippen LogP contribution >= 0.6 is 0 Å². The molecule has 1 aromatic rings. The van der Waals surface area contributed by atoms with Gasteiger partial charge in [-0.1, -0.05) is 13.8 Å². The molecule has 1 rings (SSSR count). The Balaban J connectivity index is 3.03. The van der Waals surface area contributed by atoms with E-state index in [-0.39, 0.29) is 11.6 Å². The lowest BCUT2D eigenvalue weighted by Gasteiger charge is -2.13. The lowest BCUT2D eigenvalue weighted by atomic mass is 9.96. The minimum Gasteiger partial charge on any atom is -0.282 e. The van der Waals surface area contributed by atoms with Gasteiger partial charge < -0.3 is 0 Å². The van der Waals surface area contributed by atoms with Gasteiger partial charge in [-0.2, -0.15) is 18.3 Å². The number of aromatic nitrogens is 2. The third-order valence-electron chi connectivity index (χ3n) is 2.37. The van der Waals surface area contributed by atoms with E-state index in [0.717, 1.165) is 6.20 Å². The summed E-state index contributed by atoms with van der Waals surface area (Å²) in [6.07, 6.45) is -2.08. The predicted molar refractivity (Wildman–Crippen MR) is 46.9 cm³/mol. The molecule has 1 aromatic heterocycles. The topological polar surface area (TPSA) is 28.7 Å². The van der Waals surface area contributed by atoms with Crippen LogP contribution < -0.4 is 0 Å². The highest BCUT2D eigenvalue weighted by atomic mass is 19.4. The molecule has 0 saturated heterocycles. The van der Waals surface area contributed by atoms with Crippen molar-refractivity contribution in [3.05, 3.63) is 17.5 Å². The number of nitrogens with zero attached hydrogens (tertiary/aromatic N) is 1. The van der Waals surface area contributed by atoms with E-state index in [1.807, 2.05) is 13.8 Å². The summed E-state index contributed by atoms with van der Waals surface area (Å²) in [6, 6.07) is 0. The zero-order chi connectivity index (χ0) is 10.8. The summed E-state index contributed by atoms with van der Waals surface area (Å²) in [5, 5.41) is 5.90. The molecule has 1 heterocycles. The monoisotopic (exact) mass is 206 g/mol. The van der Waals surface area contributed by atoms with Crippen molar-refractivity contribution in [3.63, 3.8) is 0 Å². The highest BCUT2D eigenvalue weighted by Crippen LogP contribution is 2.35. The van der Waals surface area contributed by atoms with E-state index >= 15 is 0 Å². The number of nitrogens with one attached hydrogen (secondary N) is 1. The van der Waals surface area contributed by atoms with Crippen LogP contribution in [0.5, 0.6) is 0 Å². The van der Waals surface area contributed by atoms with Crippen LogP contribution in [0.4, 0.5) is 13.2 Å². The number of halogens is 3. The highest BCUT2D eigenvalue weighted by molar-refractivity contribution is 5.23. The van der Waals surface area contributed by atoms with Crippen LogP contribution in [0, 0.1) is 0 Å². The molecule has 0 aliphatic carbocycles. The van der Waals surface area contributed by atoms with E-state index in [1.54, 1.807) is 0 Å². The Bertz CT molecular complexity index is 286. The first-order chi connectivity index (χ1) is 6.50. The van der Waals surface area contributed by atoms with Crippen molar-refractivity contribution in [1.82, 2.24) is 10.2 Å². The molecule has 80 valence electrons. The summed E-state index contributed by atoms with van der Waals surface area (Å²) in [7, 11) is 0. The summed E-state index contributed by atoms with van der Waals surface area (Å²) < 4.78 is 37.4. The molecule has 0 aliphatic rings. The maximum atomic E-state index is 12.5. The minimum atomic E-state index is -4.30. The van der Waals surface area contributed by atoms with Crippen molar-refractivity contribution in [2.24, 2.45) is 0 Å². The van der Waals surface area contributed by atoms with Gasteiger partial charge in [0, 0.05) is 5.92 Å².